The van der Waals surface area contributed by atoms with Crippen LogP contribution in [0.1, 0.15) is 84.7 Å². The van der Waals surface area contributed by atoms with Crippen molar-refractivity contribution in [3.8, 4) is 22.9 Å². The molecule has 0 fully saturated rings. The van der Waals surface area contributed by atoms with Gasteiger partial charge in [-0.15, -0.1) is 10.2 Å². The lowest BCUT2D eigenvalue weighted by atomic mass is 9.78. The highest BCUT2D eigenvalue weighted by atomic mass is 32.2. The molecule has 0 aliphatic carbocycles. The number of nitrogens with zero attached hydrogens (tertiary/aromatic N) is 4. The zero-order valence-electron chi connectivity index (χ0n) is 22.9. The Labute approximate surface area is 223 Å². The van der Waals surface area contributed by atoms with E-state index >= 15 is 0 Å². The highest BCUT2D eigenvalue weighted by Crippen LogP contribution is 2.46. The van der Waals surface area contributed by atoms with Crippen molar-refractivity contribution in [3.63, 3.8) is 0 Å². The van der Waals surface area contributed by atoms with Crippen LogP contribution in [0.4, 0.5) is 5.69 Å². The first kappa shape index (κ1) is 26.9. The highest BCUT2D eigenvalue weighted by molar-refractivity contribution is 7.99. The van der Waals surface area contributed by atoms with Gasteiger partial charge in [-0.2, -0.15) is 4.98 Å². The molecule has 1 aliphatic rings. The van der Waals surface area contributed by atoms with Gasteiger partial charge in [0.2, 0.25) is 23.2 Å². The third kappa shape index (κ3) is 5.30. The number of anilines is 1. The third-order valence-electron chi connectivity index (χ3n) is 6.32. The van der Waals surface area contributed by atoms with Gasteiger partial charge in [0, 0.05) is 34.9 Å². The van der Waals surface area contributed by atoms with Gasteiger partial charge in [-0.25, -0.2) is 0 Å². The monoisotopic (exact) mass is 520 g/mol. The largest absolute Gasteiger partial charge is 0.507 e. The van der Waals surface area contributed by atoms with Gasteiger partial charge >= 0.3 is 0 Å². The van der Waals surface area contributed by atoms with E-state index in [4.69, 9.17) is 9.72 Å². The number of hydrogen-bond donors (Lipinski definition) is 1. The first-order chi connectivity index (χ1) is 17.3. The van der Waals surface area contributed by atoms with Crippen molar-refractivity contribution >= 4 is 23.4 Å². The molecule has 0 saturated carbocycles. The van der Waals surface area contributed by atoms with E-state index in [9.17, 15) is 9.90 Å². The van der Waals surface area contributed by atoms with Crippen LogP contribution in [-0.4, -0.2) is 31.9 Å². The minimum atomic E-state index is -0.816. The molecule has 1 atom stereocenters. The molecule has 4 rings (SSSR count). The molecule has 0 spiro atoms. The van der Waals surface area contributed by atoms with Crippen molar-refractivity contribution in [2.75, 3.05) is 10.7 Å². The lowest BCUT2D eigenvalue weighted by molar-refractivity contribution is -0.118. The van der Waals surface area contributed by atoms with Gasteiger partial charge in [0.1, 0.15) is 5.75 Å². The summed E-state index contributed by atoms with van der Waals surface area (Å²) >= 11 is 1.52. The molecule has 1 amide bonds. The Morgan fingerprint density at radius 1 is 1.05 bits per heavy atom. The predicted molar refractivity (Wildman–Crippen MR) is 148 cm³/mol. The van der Waals surface area contributed by atoms with E-state index in [-0.39, 0.29) is 22.5 Å². The predicted octanol–water partition coefficient (Wildman–Crippen LogP) is 6.79. The maximum atomic E-state index is 13.2. The number of hydrogen-bond acceptors (Lipinski definition) is 7. The van der Waals surface area contributed by atoms with Crippen molar-refractivity contribution in [2.24, 2.45) is 0 Å². The minimum absolute atomic E-state index is 0.179. The van der Waals surface area contributed by atoms with Gasteiger partial charge in [-0.05, 0) is 35.4 Å². The summed E-state index contributed by atoms with van der Waals surface area (Å²) in [5.74, 6) is 1.29. The number of phenolic OH excluding ortho intramolecular Hbond substituents is 1. The molecule has 2 aromatic carbocycles. The third-order valence-corrected chi connectivity index (χ3v) is 7.36. The molecule has 1 aliphatic heterocycles. The van der Waals surface area contributed by atoms with Crippen LogP contribution in [0.15, 0.2) is 41.6 Å². The Morgan fingerprint density at radius 3 is 2.24 bits per heavy atom. The standard InChI is InChI=1S/C29H36N4O3S/c1-9-14-37-27-30-25-23(31-32-27)19-12-10-11-13-22(19)33(17(2)34)26(36-25)18-15-20(28(3,4)5)24(35)21(16-18)29(6,7)8/h10-13,15-16,26,35H,9,14H2,1-8H3/t26-/m0/s1. The van der Waals surface area contributed by atoms with E-state index in [0.717, 1.165) is 34.4 Å². The molecule has 196 valence electrons. The topological polar surface area (TPSA) is 88.4 Å². The Kier molecular flexibility index (Phi) is 7.25. The quantitative estimate of drug-likeness (QED) is 0.379. The van der Waals surface area contributed by atoms with E-state index in [2.05, 4.69) is 58.7 Å². The highest BCUT2D eigenvalue weighted by Gasteiger charge is 2.37. The molecule has 37 heavy (non-hydrogen) atoms. The van der Waals surface area contributed by atoms with Crippen LogP contribution < -0.4 is 9.64 Å². The average molecular weight is 521 g/mol. The zero-order valence-corrected chi connectivity index (χ0v) is 23.7. The summed E-state index contributed by atoms with van der Waals surface area (Å²) in [5.41, 5.74) is 3.56. The SMILES string of the molecule is CCCSc1nnc2c(n1)O[C@@H](c1cc(C(C)(C)C)c(O)c(C(C)(C)C)c1)N(C(C)=O)c1ccccc1-2. The van der Waals surface area contributed by atoms with Gasteiger partial charge in [0.15, 0.2) is 5.69 Å². The summed E-state index contributed by atoms with van der Waals surface area (Å²) in [6.45, 7) is 16.0. The second-order valence-corrected chi connectivity index (χ2v) is 12.5. The maximum Gasteiger partial charge on any atom is 0.247 e. The first-order valence-corrected chi connectivity index (χ1v) is 13.6. The summed E-state index contributed by atoms with van der Waals surface area (Å²) in [6.07, 6.45) is 0.164. The Morgan fingerprint density at radius 2 is 1.68 bits per heavy atom. The average Bonchev–Trinajstić information content (AvgIpc) is 2.95. The number of aromatic hydroxyl groups is 1. The zero-order chi connectivity index (χ0) is 27.1. The second-order valence-electron chi connectivity index (χ2n) is 11.4. The van der Waals surface area contributed by atoms with Crippen LogP contribution in [0.3, 0.4) is 0 Å². The van der Waals surface area contributed by atoms with Gasteiger partial charge in [0.25, 0.3) is 0 Å². The molecule has 0 saturated heterocycles. The van der Waals surface area contributed by atoms with Crippen molar-refractivity contribution in [2.45, 2.75) is 84.0 Å². The normalized spacial score (nSPS) is 15.5. The number of rotatable bonds is 4. The van der Waals surface area contributed by atoms with Crippen molar-refractivity contribution in [3.05, 3.63) is 53.1 Å². The van der Waals surface area contributed by atoms with Crippen LogP contribution in [-0.2, 0) is 15.6 Å². The fourth-order valence-electron chi connectivity index (χ4n) is 4.47. The van der Waals surface area contributed by atoms with Crippen LogP contribution in [0.2, 0.25) is 0 Å². The lowest BCUT2D eigenvalue weighted by Gasteiger charge is -2.33. The number of thioether (sulfide) groups is 1. The number of amides is 1. The Hall–Kier alpha value is -3.13. The number of benzene rings is 2. The van der Waals surface area contributed by atoms with Crippen molar-refractivity contribution < 1.29 is 14.6 Å². The number of para-hydroxylation sites is 1. The number of fused-ring (bicyclic) bond motifs is 3. The van der Waals surface area contributed by atoms with E-state index in [1.54, 1.807) is 4.90 Å². The van der Waals surface area contributed by atoms with Gasteiger partial charge in [0.05, 0.1) is 5.69 Å². The fraction of sp³-hybridized carbons (Fsp3) is 0.448. The molecule has 1 N–H and O–H groups in total. The van der Waals surface area contributed by atoms with Crippen LogP contribution in [0, 0.1) is 0 Å². The van der Waals surface area contributed by atoms with E-state index in [0.29, 0.717) is 22.4 Å². The van der Waals surface area contributed by atoms with Crippen molar-refractivity contribution in [1.29, 1.82) is 0 Å². The number of aromatic nitrogens is 3. The molecule has 8 heteroatoms. The van der Waals surface area contributed by atoms with Gasteiger partial charge < -0.3 is 9.84 Å². The van der Waals surface area contributed by atoms with Crippen LogP contribution in [0.5, 0.6) is 11.6 Å². The second kappa shape index (κ2) is 9.97. The minimum Gasteiger partial charge on any atom is -0.507 e. The Bertz CT molecular complexity index is 1290. The molecular formula is C29H36N4O3S. The van der Waals surface area contributed by atoms with E-state index in [1.165, 1.54) is 18.7 Å². The molecule has 0 bridgehead atoms. The summed E-state index contributed by atoms with van der Waals surface area (Å²) in [5, 5.41) is 20.6. The molecule has 0 radical (unpaired) electrons. The number of carbonyl (C=O) groups excluding carboxylic acids is 1. The smallest absolute Gasteiger partial charge is 0.247 e. The summed E-state index contributed by atoms with van der Waals surface area (Å²) in [6, 6.07) is 11.5. The summed E-state index contributed by atoms with van der Waals surface area (Å²) in [4.78, 5) is 19.6. The first-order valence-electron chi connectivity index (χ1n) is 12.6. The molecule has 7 nitrogen and oxygen atoms in total. The van der Waals surface area contributed by atoms with Crippen LogP contribution >= 0.6 is 11.8 Å². The molecule has 2 heterocycles. The summed E-state index contributed by atoms with van der Waals surface area (Å²) in [7, 11) is 0. The molecular weight excluding hydrogens is 484 g/mol. The lowest BCUT2D eigenvalue weighted by Crippen LogP contribution is -2.36. The fourth-order valence-corrected chi connectivity index (χ4v) is 5.10. The number of carbonyl (C=O) groups is 1. The van der Waals surface area contributed by atoms with E-state index in [1.807, 2.05) is 36.4 Å². The Balaban J connectivity index is 2.00. The number of ether oxygens (including phenoxy) is 1. The molecule has 0 unspecified atom stereocenters. The maximum absolute atomic E-state index is 13.2. The van der Waals surface area contributed by atoms with Gasteiger partial charge in [-0.3, -0.25) is 9.69 Å². The molecule has 3 aromatic rings. The van der Waals surface area contributed by atoms with Crippen LogP contribution in [0.25, 0.3) is 11.3 Å². The van der Waals surface area contributed by atoms with Gasteiger partial charge in [-0.1, -0.05) is 78.4 Å². The summed E-state index contributed by atoms with van der Waals surface area (Å²) < 4.78 is 6.59. The number of phenols is 1. The van der Waals surface area contributed by atoms with Crippen molar-refractivity contribution in [1.82, 2.24) is 15.2 Å². The molecule has 1 aromatic heterocycles. The van der Waals surface area contributed by atoms with E-state index < -0.39 is 6.23 Å².